The number of oxazole rings is 1. The summed E-state index contributed by atoms with van der Waals surface area (Å²) in [6.45, 7) is 0.425. The lowest BCUT2D eigenvalue weighted by atomic mass is 10.0. The molecule has 122 valence electrons. The van der Waals surface area contributed by atoms with Gasteiger partial charge in [-0.25, -0.2) is 9.78 Å². The summed E-state index contributed by atoms with van der Waals surface area (Å²) in [5, 5.41) is 0. The Morgan fingerprint density at radius 2 is 2.21 bits per heavy atom. The van der Waals surface area contributed by atoms with Gasteiger partial charge in [-0.15, -0.1) is 11.3 Å². The lowest BCUT2D eigenvalue weighted by Crippen LogP contribution is -2.08. The van der Waals surface area contributed by atoms with Crippen molar-refractivity contribution in [3.8, 4) is 11.3 Å². The number of benzene rings is 1. The van der Waals surface area contributed by atoms with E-state index in [0.29, 0.717) is 17.6 Å². The SMILES string of the molecule is NCc1c(-c2ccc3[nH]c(=O)oc3c2)nc2sc3c(n12)CCCC3. The number of hydrogen-bond donors (Lipinski definition) is 2. The number of aryl methyl sites for hydroxylation is 2. The molecule has 1 aromatic carbocycles. The number of fused-ring (bicyclic) bond motifs is 4. The van der Waals surface area contributed by atoms with Gasteiger partial charge in [0.2, 0.25) is 0 Å². The van der Waals surface area contributed by atoms with Crippen molar-refractivity contribution in [2.75, 3.05) is 0 Å². The third-order valence-corrected chi connectivity index (χ3v) is 5.85. The zero-order valence-corrected chi connectivity index (χ0v) is 13.8. The maximum Gasteiger partial charge on any atom is 0.417 e. The van der Waals surface area contributed by atoms with Crippen LogP contribution in [0.15, 0.2) is 27.4 Å². The van der Waals surface area contributed by atoms with Gasteiger partial charge in [-0.1, -0.05) is 6.07 Å². The van der Waals surface area contributed by atoms with Crippen molar-refractivity contribution in [2.45, 2.75) is 32.2 Å². The molecule has 0 bridgehead atoms. The van der Waals surface area contributed by atoms with Crippen molar-refractivity contribution in [1.29, 1.82) is 0 Å². The van der Waals surface area contributed by atoms with Crippen LogP contribution in [-0.4, -0.2) is 14.4 Å². The molecule has 0 aliphatic heterocycles. The number of rotatable bonds is 2. The van der Waals surface area contributed by atoms with Gasteiger partial charge >= 0.3 is 5.76 Å². The molecule has 4 aromatic rings. The summed E-state index contributed by atoms with van der Waals surface area (Å²) in [4.78, 5) is 21.3. The molecule has 0 spiro atoms. The highest BCUT2D eigenvalue weighted by Crippen LogP contribution is 2.35. The van der Waals surface area contributed by atoms with Crippen LogP contribution in [0.25, 0.3) is 27.3 Å². The number of nitrogens with zero attached hydrogens (tertiary/aromatic N) is 2. The number of nitrogens with one attached hydrogen (secondary N) is 1. The first-order valence-electron chi connectivity index (χ1n) is 8.10. The number of hydrogen-bond acceptors (Lipinski definition) is 5. The molecule has 0 atom stereocenters. The van der Waals surface area contributed by atoms with Gasteiger partial charge in [0.1, 0.15) is 0 Å². The zero-order chi connectivity index (χ0) is 16.3. The molecule has 0 saturated carbocycles. The van der Waals surface area contributed by atoms with Crippen LogP contribution in [0.4, 0.5) is 0 Å². The van der Waals surface area contributed by atoms with Gasteiger partial charge in [-0.3, -0.25) is 9.38 Å². The summed E-state index contributed by atoms with van der Waals surface area (Å²) < 4.78 is 7.42. The van der Waals surface area contributed by atoms with Gasteiger partial charge in [-0.05, 0) is 37.8 Å². The standard InChI is InChI=1S/C17H16N4O2S/c18-8-12-15(9-5-6-10-13(7-9)23-17(22)19-10)20-16-21(12)11-3-1-2-4-14(11)24-16/h5-7H,1-4,8,18H2,(H,19,22). The van der Waals surface area contributed by atoms with E-state index in [-0.39, 0.29) is 0 Å². The quantitative estimate of drug-likeness (QED) is 0.587. The Labute approximate surface area is 140 Å². The van der Waals surface area contributed by atoms with E-state index in [2.05, 4.69) is 9.38 Å². The lowest BCUT2D eigenvalue weighted by Gasteiger charge is -2.12. The molecular weight excluding hydrogens is 324 g/mol. The molecular formula is C17H16N4O2S. The summed E-state index contributed by atoms with van der Waals surface area (Å²) in [5.74, 6) is -0.443. The predicted octanol–water partition coefficient (Wildman–Crippen LogP) is 2.83. The van der Waals surface area contributed by atoms with Gasteiger partial charge in [0.25, 0.3) is 0 Å². The van der Waals surface area contributed by atoms with Gasteiger partial charge in [-0.2, -0.15) is 0 Å². The van der Waals surface area contributed by atoms with Crippen LogP contribution in [0.3, 0.4) is 0 Å². The first-order chi connectivity index (χ1) is 11.7. The lowest BCUT2D eigenvalue weighted by molar-refractivity contribution is 0.555. The fourth-order valence-corrected chi connectivity index (χ4v) is 4.84. The van der Waals surface area contributed by atoms with Crippen LogP contribution < -0.4 is 11.5 Å². The van der Waals surface area contributed by atoms with Gasteiger partial charge in [0.15, 0.2) is 10.5 Å². The highest BCUT2D eigenvalue weighted by Gasteiger charge is 2.22. The summed E-state index contributed by atoms with van der Waals surface area (Å²) in [6.07, 6.45) is 4.70. The van der Waals surface area contributed by atoms with Crippen LogP contribution in [0.1, 0.15) is 29.1 Å². The van der Waals surface area contributed by atoms with Crippen molar-refractivity contribution in [2.24, 2.45) is 5.73 Å². The van der Waals surface area contributed by atoms with E-state index in [4.69, 9.17) is 15.1 Å². The van der Waals surface area contributed by atoms with E-state index in [1.54, 1.807) is 11.3 Å². The molecule has 0 radical (unpaired) electrons. The minimum Gasteiger partial charge on any atom is -0.408 e. The summed E-state index contributed by atoms with van der Waals surface area (Å²) >= 11 is 1.77. The van der Waals surface area contributed by atoms with Crippen molar-refractivity contribution in [3.05, 3.63) is 45.0 Å². The van der Waals surface area contributed by atoms with E-state index in [1.165, 1.54) is 23.4 Å². The molecule has 0 unspecified atom stereocenters. The van der Waals surface area contributed by atoms with Gasteiger partial charge < -0.3 is 10.2 Å². The Morgan fingerprint density at radius 1 is 1.33 bits per heavy atom. The molecule has 7 heteroatoms. The smallest absolute Gasteiger partial charge is 0.408 e. The maximum atomic E-state index is 11.4. The maximum absolute atomic E-state index is 11.4. The monoisotopic (exact) mass is 340 g/mol. The Kier molecular flexibility index (Phi) is 2.95. The van der Waals surface area contributed by atoms with Crippen molar-refractivity contribution < 1.29 is 4.42 Å². The van der Waals surface area contributed by atoms with Crippen molar-refractivity contribution in [3.63, 3.8) is 0 Å². The van der Waals surface area contributed by atoms with Crippen LogP contribution in [0.5, 0.6) is 0 Å². The van der Waals surface area contributed by atoms with Crippen LogP contribution in [0.2, 0.25) is 0 Å². The molecule has 24 heavy (non-hydrogen) atoms. The number of imidazole rings is 1. The van der Waals surface area contributed by atoms with Crippen LogP contribution >= 0.6 is 11.3 Å². The predicted molar refractivity (Wildman–Crippen MR) is 93.4 cm³/mol. The molecule has 0 saturated heterocycles. The Bertz CT molecular complexity index is 1130. The summed E-state index contributed by atoms with van der Waals surface area (Å²) in [6, 6.07) is 5.65. The Morgan fingerprint density at radius 3 is 3.08 bits per heavy atom. The van der Waals surface area contributed by atoms with Gasteiger partial charge in [0, 0.05) is 22.7 Å². The number of aromatic amines is 1. The molecule has 1 aliphatic rings. The average molecular weight is 340 g/mol. The molecule has 3 N–H and O–H groups in total. The summed E-state index contributed by atoms with van der Waals surface area (Å²) in [5.41, 5.74) is 11.5. The van der Waals surface area contributed by atoms with E-state index >= 15 is 0 Å². The second-order valence-electron chi connectivity index (χ2n) is 6.13. The molecule has 5 rings (SSSR count). The largest absolute Gasteiger partial charge is 0.417 e. The zero-order valence-electron chi connectivity index (χ0n) is 13.0. The third kappa shape index (κ3) is 1.91. The van der Waals surface area contributed by atoms with Crippen LogP contribution in [0, 0.1) is 0 Å². The molecule has 6 nitrogen and oxygen atoms in total. The number of nitrogens with two attached hydrogens (primary N) is 1. The number of aromatic nitrogens is 3. The van der Waals surface area contributed by atoms with E-state index in [9.17, 15) is 4.79 Å². The fraction of sp³-hybridized carbons (Fsp3) is 0.294. The minimum atomic E-state index is -0.443. The second-order valence-corrected chi connectivity index (χ2v) is 7.20. The summed E-state index contributed by atoms with van der Waals surface area (Å²) in [7, 11) is 0. The first kappa shape index (κ1) is 14.0. The van der Waals surface area contributed by atoms with Gasteiger partial charge in [0.05, 0.1) is 16.9 Å². The van der Waals surface area contributed by atoms with Crippen molar-refractivity contribution >= 4 is 27.4 Å². The normalized spacial score (nSPS) is 14.5. The number of H-pyrrole nitrogens is 1. The molecule has 0 fully saturated rings. The molecule has 3 aromatic heterocycles. The molecule has 1 aliphatic carbocycles. The second kappa shape index (κ2) is 5.06. The van der Waals surface area contributed by atoms with E-state index < -0.39 is 5.76 Å². The Hall–Kier alpha value is -2.38. The van der Waals surface area contributed by atoms with E-state index in [0.717, 1.165) is 34.8 Å². The molecule has 0 amide bonds. The van der Waals surface area contributed by atoms with Crippen LogP contribution in [-0.2, 0) is 19.4 Å². The highest BCUT2D eigenvalue weighted by atomic mass is 32.1. The highest BCUT2D eigenvalue weighted by molar-refractivity contribution is 7.17. The fourth-order valence-electron chi connectivity index (χ4n) is 3.61. The average Bonchev–Trinajstić information content (AvgIpc) is 3.23. The van der Waals surface area contributed by atoms with E-state index in [1.807, 2.05) is 18.2 Å². The molecule has 3 heterocycles. The number of thiazole rings is 1. The third-order valence-electron chi connectivity index (χ3n) is 4.70. The van der Waals surface area contributed by atoms with Crippen molar-refractivity contribution in [1.82, 2.24) is 14.4 Å². The topological polar surface area (TPSA) is 89.3 Å². The Balaban J connectivity index is 1.75. The first-order valence-corrected chi connectivity index (χ1v) is 8.91. The minimum absolute atomic E-state index is 0.425.